The Balaban J connectivity index is 2.24. The number of carbonyl (C=O) groups is 1. The first-order valence-electron chi connectivity index (χ1n) is 3.87. The maximum atomic E-state index is 10.7. The molecule has 0 atom stereocenters. The number of hydrogen-bond donors (Lipinski definition) is 2. The minimum Gasteiger partial charge on any atom is -0.367 e. The zero-order valence-electron chi connectivity index (χ0n) is 7.06. The second kappa shape index (κ2) is 5.61. The van der Waals surface area contributed by atoms with Gasteiger partial charge in [-0.05, 0) is 5.56 Å². The van der Waals surface area contributed by atoms with Crippen LogP contribution in [0.25, 0.3) is 0 Å². The molecule has 0 heterocycles. The van der Waals surface area contributed by atoms with Gasteiger partial charge < -0.3 is 9.46 Å². The molecule has 13 heavy (non-hydrogen) atoms. The van der Waals surface area contributed by atoms with Gasteiger partial charge in [0.15, 0.2) is 0 Å². The van der Waals surface area contributed by atoms with Crippen molar-refractivity contribution in [3.8, 4) is 0 Å². The van der Waals surface area contributed by atoms with Crippen molar-refractivity contribution in [3.63, 3.8) is 0 Å². The first-order chi connectivity index (χ1) is 6.33. The summed E-state index contributed by atoms with van der Waals surface area (Å²) in [5, 5.41) is 0. The molecule has 1 aromatic carbocycles. The van der Waals surface area contributed by atoms with E-state index in [9.17, 15) is 4.79 Å². The highest BCUT2D eigenvalue weighted by Crippen LogP contribution is 1.99. The average molecular weight is 197 g/mol. The maximum Gasteiger partial charge on any atom is 0.255 e. The Morgan fingerprint density at radius 1 is 1.38 bits per heavy atom. The van der Waals surface area contributed by atoms with Gasteiger partial charge in [-0.15, -0.1) is 0 Å². The molecule has 0 aliphatic carbocycles. The van der Waals surface area contributed by atoms with Gasteiger partial charge in [0.25, 0.3) is 5.91 Å². The topological polar surface area (TPSA) is 38.3 Å². The van der Waals surface area contributed by atoms with E-state index in [-0.39, 0.29) is 12.5 Å². The molecule has 0 bridgehead atoms. The van der Waals surface area contributed by atoms with Crippen molar-refractivity contribution in [2.75, 3.05) is 6.61 Å². The molecule has 0 spiro atoms. The molecule has 0 aliphatic rings. The van der Waals surface area contributed by atoms with Crippen LogP contribution in [0.1, 0.15) is 5.56 Å². The highest BCUT2D eigenvalue weighted by molar-refractivity contribution is 7.78. The number of rotatable bonds is 4. The SMILES string of the molecule is O=C(COCc1ccccc1)NS. The predicted molar refractivity (Wildman–Crippen MR) is 53.2 cm³/mol. The third-order valence-electron chi connectivity index (χ3n) is 1.47. The van der Waals surface area contributed by atoms with Crippen molar-refractivity contribution >= 4 is 18.7 Å². The molecular weight excluding hydrogens is 186 g/mol. The van der Waals surface area contributed by atoms with Crippen LogP contribution in [0.15, 0.2) is 30.3 Å². The van der Waals surface area contributed by atoms with Crippen molar-refractivity contribution in [1.29, 1.82) is 0 Å². The van der Waals surface area contributed by atoms with Crippen LogP contribution in [-0.4, -0.2) is 12.5 Å². The largest absolute Gasteiger partial charge is 0.367 e. The standard InChI is InChI=1S/C9H11NO2S/c11-9(10-13)7-12-6-8-4-2-1-3-5-8/h1-5,13H,6-7H2,(H,10,11). The molecule has 0 unspecified atom stereocenters. The molecule has 1 rings (SSSR count). The van der Waals surface area contributed by atoms with E-state index in [4.69, 9.17) is 4.74 Å². The van der Waals surface area contributed by atoms with Crippen molar-refractivity contribution in [1.82, 2.24) is 4.72 Å². The van der Waals surface area contributed by atoms with Gasteiger partial charge in [-0.1, -0.05) is 43.1 Å². The van der Waals surface area contributed by atoms with E-state index < -0.39 is 0 Å². The average Bonchev–Trinajstić information content (AvgIpc) is 2.19. The van der Waals surface area contributed by atoms with E-state index in [1.54, 1.807) is 0 Å². The summed E-state index contributed by atoms with van der Waals surface area (Å²) in [6.45, 7) is 0.487. The van der Waals surface area contributed by atoms with Crippen LogP contribution in [-0.2, 0) is 16.1 Å². The normalized spacial score (nSPS) is 9.62. The summed E-state index contributed by atoms with van der Waals surface area (Å²) in [6.07, 6.45) is 0. The molecule has 1 amide bonds. The zero-order valence-corrected chi connectivity index (χ0v) is 7.96. The number of carbonyl (C=O) groups excluding carboxylic acids is 1. The third kappa shape index (κ3) is 3.96. The first-order valence-corrected chi connectivity index (χ1v) is 4.32. The van der Waals surface area contributed by atoms with Crippen molar-refractivity contribution < 1.29 is 9.53 Å². The Kier molecular flexibility index (Phi) is 4.35. The van der Waals surface area contributed by atoms with Crippen LogP contribution >= 0.6 is 12.8 Å². The maximum absolute atomic E-state index is 10.7. The van der Waals surface area contributed by atoms with E-state index in [1.165, 1.54) is 0 Å². The Hall–Kier alpha value is -1.000. The van der Waals surface area contributed by atoms with Gasteiger partial charge in [-0.2, -0.15) is 0 Å². The lowest BCUT2D eigenvalue weighted by Gasteiger charge is -2.02. The molecular formula is C9H11NO2S. The summed E-state index contributed by atoms with van der Waals surface area (Å²) in [6, 6.07) is 9.68. The molecule has 0 saturated carbocycles. The van der Waals surface area contributed by atoms with E-state index >= 15 is 0 Å². The van der Waals surface area contributed by atoms with E-state index in [0.29, 0.717) is 6.61 Å². The van der Waals surface area contributed by atoms with Gasteiger partial charge in [0.2, 0.25) is 0 Å². The molecule has 0 saturated heterocycles. The number of ether oxygens (including phenoxy) is 1. The fraction of sp³-hybridized carbons (Fsp3) is 0.222. The molecule has 1 N–H and O–H groups in total. The Morgan fingerprint density at radius 3 is 2.69 bits per heavy atom. The fourth-order valence-electron chi connectivity index (χ4n) is 0.868. The smallest absolute Gasteiger partial charge is 0.255 e. The van der Waals surface area contributed by atoms with Crippen LogP contribution in [0, 0.1) is 0 Å². The van der Waals surface area contributed by atoms with Crippen LogP contribution in [0.2, 0.25) is 0 Å². The molecule has 0 aromatic heterocycles. The lowest BCUT2D eigenvalue weighted by atomic mass is 10.2. The fourth-order valence-corrected chi connectivity index (χ4v) is 0.933. The molecule has 0 radical (unpaired) electrons. The summed E-state index contributed by atoms with van der Waals surface area (Å²) < 4.78 is 7.29. The second-order valence-corrected chi connectivity index (χ2v) is 2.74. The van der Waals surface area contributed by atoms with Gasteiger partial charge >= 0.3 is 0 Å². The van der Waals surface area contributed by atoms with Crippen molar-refractivity contribution in [2.45, 2.75) is 6.61 Å². The Morgan fingerprint density at radius 2 is 2.08 bits per heavy atom. The van der Waals surface area contributed by atoms with Crippen LogP contribution in [0.4, 0.5) is 0 Å². The van der Waals surface area contributed by atoms with Crippen LogP contribution < -0.4 is 4.72 Å². The minimum atomic E-state index is -0.237. The van der Waals surface area contributed by atoms with Gasteiger partial charge in [-0.25, -0.2) is 0 Å². The molecule has 70 valence electrons. The van der Waals surface area contributed by atoms with Crippen LogP contribution in [0.3, 0.4) is 0 Å². The number of thiol groups is 1. The summed E-state index contributed by atoms with van der Waals surface area (Å²) in [4.78, 5) is 10.7. The summed E-state index contributed by atoms with van der Waals surface area (Å²) in [7, 11) is 0. The quantitative estimate of drug-likeness (QED) is 0.711. The summed E-state index contributed by atoms with van der Waals surface area (Å²) >= 11 is 3.60. The monoisotopic (exact) mass is 197 g/mol. The van der Waals surface area contributed by atoms with Gasteiger partial charge in [-0.3, -0.25) is 4.79 Å². The number of hydrogen-bond acceptors (Lipinski definition) is 3. The highest BCUT2D eigenvalue weighted by atomic mass is 32.1. The third-order valence-corrected chi connectivity index (χ3v) is 1.72. The van der Waals surface area contributed by atoms with Gasteiger partial charge in [0.05, 0.1) is 6.61 Å². The summed E-state index contributed by atoms with van der Waals surface area (Å²) in [5.74, 6) is -0.237. The van der Waals surface area contributed by atoms with Crippen molar-refractivity contribution in [2.24, 2.45) is 0 Å². The zero-order chi connectivity index (χ0) is 9.52. The van der Waals surface area contributed by atoms with Gasteiger partial charge in [0, 0.05) is 0 Å². The number of amides is 1. The number of benzene rings is 1. The Labute approximate surface area is 82.6 Å². The molecule has 0 fully saturated rings. The predicted octanol–water partition coefficient (Wildman–Crippen LogP) is 1.16. The molecule has 3 nitrogen and oxygen atoms in total. The first kappa shape index (κ1) is 10.1. The van der Waals surface area contributed by atoms with E-state index in [2.05, 4.69) is 17.5 Å². The lowest BCUT2D eigenvalue weighted by Crippen LogP contribution is -2.18. The van der Waals surface area contributed by atoms with Crippen LogP contribution in [0.5, 0.6) is 0 Å². The van der Waals surface area contributed by atoms with E-state index in [0.717, 1.165) is 5.56 Å². The van der Waals surface area contributed by atoms with Crippen molar-refractivity contribution in [3.05, 3.63) is 35.9 Å². The summed E-state index contributed by atoms with van der Waals surface area (Å²) in [5.41, 5.74) is 1.05. The Bertz CT molecular complexity index is 264. The van der Waals surface area contributed by atoms with E-state index in [1.807, 2.05) is 30.3 Å². The number of nitrogens with one attached hydrogen (secondary N) is 1. The molecule has 4 heteroatoms. The minimum absolute atomic E-state index is 0.0401. The second-order valence-electron chi connectivity index (χ2n) is 2.51. The highest BCUT2D eigenvalue weighted by Gasteiger charge is 1.97. The molecule has 1 aromatic rings. The van der Waals surface area contributed by atoms with Gasteiger partial charge in [0.1, 0.15) is 6.61 Å². The lowest BCUT2D eigenvalue weighted by molar-refractivity contribution is -0.124. The molecule has 0 aliphatic heterocycles.